The molecule has 2 heterocycles. The zero-order chi connectivity index (χ0) is 25.1. The van der Waals surface area contributed by atoms with Crippen molar-refractivity contribution in [3.63, 3.8) is 0 Å². The van der Waals surface area contributed by atoms with E-state index in [1.807, 2.05) is 30.2 Å². The van der Waals surface area contributed by atoms with Crippen LogP contribution in [-0.4, -0.2) is 58.8 Å². The fourth-order valence-electron chi connectivity index (χ4n) is 5.71. The minimum Gasteiger partial charge on any atom is -0.345 e. The molecule has 0 spiro atoms. The lowest BCUT2D eigenvalue weighted by molar-refractivity contribution is -0.139. The summed E-state index contributed by atoms with van der Waals surface area (Å²) in [6.45, 7) is 4.64. The molecule has 3 atom stereocenters. The van der Waals surface area contributed by atoms with Gasteiger partial charge in [-0.15, -0.1) is 0 Å². The maximum Gasteiger partial charge on any atom is 0.245 e. The second-order valence-electron chi connectivity index (χ2n) is 10.1. The van der Waals surface area contributed by atoms with E-state index in [2.05, 4.69) is 15.2 Å². The van der Waals surface area contributed by atoms with Gasteiger partial charge in [0.25, 0.3) is 0 Å². The Morgan fingerprint density at radius 2 is 1.86 bits per heavy atom. The summed E-state index contributed by atoms with van der Waals surface area (Å²) in [5, 5.41) is 7.40. The summed E-state index contributed by atoms with van der Waals surface area (Å²) in [6.07, 6.45) is 8.99. The van der Waals surface area contributed by atoms with Crippen LogP contribution in [0, 0.1) is 5.92 Å². The molecule has 1 aromatic heterocycles. The molecule has 0 radical (unpaired) electrons. The lowest BCUT2D eigenvalue weighted by Gasteiger charge is -2.35. The molecule has 2 aromatic rings. The Morgan fingerprint density at radius 3 is 2.54 bits per heavy atom. The van der Waals surface area contributed by atoms with Crippen molar-refractivity contribution >= 4 is 40.1 Å². The molecule has 2 aliphatic rings. The summed E-state index contributed by atoms with van der Waals surface area (Å²) in [5.41, 5.74) is 1.51. The Morgan fingerprint density at radius 1 is 1.11 bits per heavy atom. The zero-order valence-corrected chi connectivity index (χ0v) is 21.7. The Labute approximate surface area is 212 Å². The van der Waals surface area contributed by atoms with Gasteiger partial charge in [-0.1, -0.05) is 36.9 Å². The lowest BCUT2D eigenvalue weighted by Crippen LogP contribution is -2.56. The van der Waals surface area contributed by atoms with Gasteiger partial charge in [0.1, 0.15) is 6.04 Å². The molecule has 1 saturated heterocycles. The van der Waals surface area contributed by atoms with Crippen molar-refractivity contribution in [2.45, 2.75) is 83.5 Å². The van der Waals surface area contributed by atoms with Crippen LogP contribution in [0.5, 0.6) is 0 Å². The molecule has 1 aromatic carbocycles. The first kappa shape index (κ1) is 25.7. The number of fused-ring (bicyclic) bond motifs is 1. The highest BCUT2D eigenvalue weighted by Gasteiger charge is 2.38. The second-order valence-corrected chi connectivity index (χ2v) is 10.5. The van der Waals surface area contributed by atoms with E-state index < -0.39 is 6.04 Å². The minimum absolute atomic E-state index is 0.00149. The molecular weight excluding hydrogens is 464 g/mol. The molecule has 190 valence electrons. The van der Waals surface area contributed by atoms with E-state index in [0.29, 0.717) is 23.7 Å². The quantitative estimate of drug-likeness (QED) is 0.533. The number of benzene rings is 1. The van der Waals surface area contributed by atoms with Gasteiger partial charge in [-0.3, -0.25) is 14.4 Å². The Hall–Kier alpha value is -2.38. The topological polar surface area (TPSA) is 83.4 Å². The SMILES string of the molecule is CNC(C)C(=O)NC(C(=O)N1CCCC1Cn1cc(C(C)=O)c2c(Cl)cccc21)C1CCCCC1. The molecule has 0 bridgehead atoms. The smallest absolute Gasteiger partial charge is 0.245 e. The summed E-state index contributed by atoms with van der Waals surface area (Å²) >= 11 is 6.45. The largest absolute Gasteiger partial charge is 0.345 e. The third-order valence-corrected chi connectivity index (χ3v) is 8.13. The fourth-order valence-corrected chi connectivity index (χ4v) is 5.98. The van der Waals surface area contributed by atoms with E-state index in [1.54, 1.807) is 20.0 Å². The Bertz CT molecular complexity index is 1090. The maximum absolute atomic E-state index is 13.9. The first-order chi connectivity index (χ1) is 16.8. The molecule has 1 saturated carbocycles. The number of halogens is 1. The van der Waals surface area contributed by atoms with Crippen molar-refractivity contribution < 1.29 is 14.4 Å². The highest BCUT2D eigenvalue weighted by Crippen LogP contribution is 2.32. The molecule has 7 nitrogen and oxygen atoms in total. The van der Waals surface area contributed by atoms with Crippen LogP contribution in [0.1, 0.15) is 69.2 Å². The standard InChI is InChI=1S/C27H37ClN4O3/c1-17(29-3)26(34)30-25(19-9-5-4-6-10-19)27(35)32-14-8-11-20(32)15-31-16-21(18(2)33)24-22(28)12-7-13-23(24)31/h7,12-13,16-17,19-20,25,29H,4-6,8-11,14-15H2,1-3H3,(H,30,34). The monoisotopic (exact) mass is 500 g/mol. The van der Waals surface area contributed by atoms with E-state index >= 15 is 0 Å². The molecule has 3 unspecified atom stereocenters. The Balaban J connectivity index is 1.59. The number of likely N-dealkylation sites (tertiary alicyclic amines) is 1. The number of carbonyl (C=O) groups excluding carboxylic acids is 3. The van der Waals surface area contributed by atoms with Gasteiger partial charge in [-0.2, -0.15) is 0 Å². The van der Waals surface area contributed by atoms with Gasteiger partial charge in [-0.25, -0.2) is 0 Å². The third kappa shape index (κ3) is 5.41. The van der Waals surface area contributed by atoms with Crippen molar-refractivity contribution in [3.05, 3.63) is 35.0 Å². The van der Waals surface area contributed by atoms with Gasteiger partial charge in [0.05, 0.1) is 16.6 Å². The summed E-state index contributed by atoms with van der Waals surface area (Å²) < 4.78 is 2.06. The molecule has 1 aliphatic heterocycles. The minimum atomic E-state index is -0.497. The Kier molecular flexibility index (Phi) is 8.17. The lowest BCUT2D eigenvalue weighted by atomic mass is 9.83. The van der Waals surface area contributed by atoms with Crippen LogP contribution in [-0.2, 0) is 16.1 Å². The van der Waals surface area contributed by atoms with Crippen LogP contribution in [0.3, 0.4) is 0 Å². The van der Waals surface area contributed by atoms with Gasteiger partial charge in [-0.05, 0) is 64.6 Å². The molecule has 2 fully saturated rings. The number of amides is 2. The molecular formula is C27H37ClN4O3. The number of rotatable bonds is 8. The predicted molar refractivity (Wildman–Crippen MR) is 139 cm³/mol. The number of likely N-dealkylation sites (N-methyl/N-ethyl adjacent to an activating group) is 1. The van der Waals surface area contributed by atoms with E-state index in [1.165, 1.54) is 6.42 Å². The average molecular weight is 501 g/mol. The number of hydrogen-bond donors (Lipinski definition) is 2. The van der Waals surface area contributed by atoms with E-state index in [4.69, 9.17) is 11.6 Å². The predicted octanol–water partition coefficient (Wildman–Crippen LogP) is 4.16. The van der Waals surface area contributed by atoms with Gasteiger partial charge in [0.15, 0.2) is 5.78 Å². The van der Waals surface area contributed by atoms with Crippen molar-refractivity contribution in [2.24, 2.45) is 5.92 Å². The normalized spacial score (nSPS) is 20.7. The van der Waals surface area contributed by atoms with Crippen LogP contribution in [0.25, 0.3) is 10.9 Å². The molecule has 8 heteroatoms. The highest BCUT2D eigenvalue weighted by atomic mass is 35.5. The average Bonchev–Trinajstić information content (AvgIpc) is 3.48. The molecule has 2 amide bonds. The molecule has 1 aliphatic carbocycles. The number of nitrogens with zero attached hydrogens (tertiary/aromatic N) is 2. The van der Waals surface area contributed by atoms with Crippen LogP contribution in [0.4, 0.5) is 0 Å². The highest BCUT2D eigenvalue weighted by molar-refractivity contribution is 6.36. The first-order valence-corrected chi connectivity index (χ1v) is 13.3. The number of carbonyl (C=O) groups is 3. The first-order valence-electron chi connectivity index (χ1n) is 12.9. The van der Waals surface area contributed by atoms with Gasteiger partial charge in [0.2, 0.25) is 11.8 Å². The van der Waals surface area contributed by atoms with Gasteiger partial charge in [0, 0.05) is 36.3 Å². The van der Waals surface area contributed by atoms with Crippen molar-refractivity contribution in [1.82, 2.24) is 20.1 Å². The van der Waals surface area contributed by atoms with Crippen LogP contribution < -0.4 is 10.6 Å². The van der Waals surface area contributed by atoms with Crippen LogP contribution in [0.2, 0.25) is 5.02 Å². The molecule has 4 rings (SSSR count). The zero-order valence-electron chi connectivity index (χ0n) is 21.0. The summed E-state index contributed by atoms with van der Waals surface area (Å²) in [5.74, 6) is 0.0302. The third-order valence-electron chi connectivity index (χ3n) is 7.81. The fraction of sp³-hybridized carbons (Fsp3) is 0.593. The van der Waals surface area contributed by atoms with E-state index in [9.17, 15) is 14.4 Å². The van der Waals surface area contributed by atoms with Crippen molar-refractivity contribution in [1.29, 1.82) is 0 Å². The number of hydrogen-bond acceptors (Lipinski definition) is 4. The molecule has 35 heavy (non-hydrogen) atoms. The second kappa shape index (κ2) is 11.1. The van der Waals surface area contributed by atoms with Crippen LogP contribution in [0.15, 0.2) is 24.4 Å². The summed E-state index contributed by atoms with van der Waals surface area (Å²) in [7, 11) is 1.75. The van der Waals surface area contributed by atoms with E-state index in [0.717, 1.165) is 49.4 Å². The van der Waals surface area contributed by atoms with Gasteiger partial charge < -0.3 is 20.1 Å². The van der Waals surface area contributed by atoms with Crippen LogP contribution >= 0.6 is 11.6 Å². The van der Waals surface area contributed by atoms with Crippen molar-refractivity contribution in [3.8, 4) is 0 Å². The van der Waals surface area contributed by atoms with E-state index in [-0.39, 0.29) is 35.6 Å². The summed E-state index contributed by atoms with van der Waals surface area (Å²) in [6, 6.07) is 4.81. The number of aromatic nitrogens is 1. The number of nitrogens with one attached hydrogen (secondary N) is 2. The maximum atomic E-state index is 13.9. The van der Waals surface area contributed by atoms with Crippen molar-refractivity contribution in [2.75, 3.05) is 13.6 Å². The number of Topliss-reactive ketones (excluding diaryl/α,β-unsaturated/α-hetero) is 1. The molecule has 2 N–H and O–H groups in total. The van der Waals surface area contributed by atoms with Gasteiger partial charge >= 0.3 is 0 Å². The number of ketones is 1. The summed E-state index contributed by atoms with van der Waals surface area (Å²) in [4.78, 5) is 41.0.